The zero-order valence-electron chi connectivity index (χ0n) is 18.8. The fourth-order valence-electron chi connectivity index (χ4n) is 3.66. The number of hydrogen-bond acceptors (Lipinski definition) is 4. The lowest BCUT2D eigenvalue weighted by molar-refractivity contribution is 0.340. The number of hydrogen-bond donors (Lipinski definition) is 2. The molecule has 166 valence electrons. The molecule has 1 aromatic carbocycles. The minimum atomic E-state index is 0.00663. The summed E-state index contributed by atoms with van der Waals surface area (Å²) >= 11 is 0. The molecule has 0 bridgehead atoms. The summed E-state index contributed by atoms with van der Waals surface area (Å²) in [6.45, 7) is 2.25. The van der Waals surface area contributed by atoms with Gasteiger partial charge in [-0.2, -0.15) is 0 Å². The minimum absolute atomic E-state index is 0.00663. The smallest absolute Gasteiger partial charge is 0.167 e. The van der Waals surface area contributed by atoms with E-state index in [2.05, 4.69) is 19.1 Å². The van der Waals surface area contributed by atoms with E-state index in [9.17, 15) is 10.2 Å². The Morgan fingerprint density at radius 2 is 1.31 bits per heavy atom. The van der Waals surface area contributed by atoms with E-state index in [1.54, 1.807) is 0 Å². The second kappa shape index (κ2) is 16.0. The third-order valence-corrected chi connectivity index (χ3v) is 5.41. The molecule has 0 heterocycles. The van der Waals surface area contributed by atoms with Gasteiger partial charge in [0, 0.05) is 11.6 Å². The summed E-state index contributed by atoms with van der Waals surface area (Å²) < 4.78 is 10.4. The highest BCUT2D eigenvalue weighted by atomic mass is 16.5. The van der Waals surface area contributed by atoms with Crippen LogP contribution in [0.25, 0.3) is 0 Å². The van der Waals surface area contributed by atoms with Crippen LogP contribution in [0.1, 0.15) is 96.0 Å². The molecule has 4 heteroatoms. The number of methoxy groups -OCH3 is 2. The molecule has 1 aromatic rings. The van der Waals surface area contributed by atoms with E-state index < -0.39 is 0 Å². The van der Waals surface area contributed by atoms with Gasteiger partial charge in [-0.1, -0.05) is 70.4 Å². The summed E-state index contributed by atoms with van der Waals surface area (Å²) in [6, 6.07) is 1.39. The number of aromatic hydroxyl groups is 2. The number of ether oxygens (including phenoxy) is 2. The van der Waals surface area contributed by atoms with Gasteiger partial charge in [0.25, 0.3) is 0 Å². The lowest BCUT2D eigenvalue weighted by Crippen LogP contribution is -1.97. The third kappa shape index (κ3) is 9.96. The molecule has 0 unspecified atom stereocenters. The van der Waals surface area contributed by atoms with E-state index in [0.717, 1.165) is 12.8 Å². The first-order chi connectivity index (χ1) is 14.2. The van der Waals surface area contributed by atoms with Crippen molar-refractivity contribution in [1.29, 1.82) is 0 Å². The quantitative estimate of drug-likeness (QED) is 0.162. The van der Waals surface area contributed by atoms with Gasteiger partial charge in [-0.05, 0) is 38.5 Å². The monoisotopic (exact) mass is 406 g/mol. The maximum atomic E-state index is 10.3. The Labute approximate surface area is 177 Å². The zero-order valence-corrected chi connectivity index (χ0v) is 18.8. The van der Waals surface area contributed by atoms with Crippen molar-refractivity contribution in [3.05, 3.63) is 23.8 Å². The molecule has 0 spiro atoms. The third-order valence-electron chi connectivity index (χ3n) is 5.41. The fourth-order valence-corrected chi connectivity index (χ4v) is 3.66. The van der Waals surface area contributed by atoms with E-state index in [1.165, 1.54) is 90.9 Å². The SMILES string of the molecule is CCCCCC/C=C\CCCCCCCCCc1c(O)c(OC)cc(O)c1OC. The molecule has 0 saturated heterocycles. The lowest BCUT2D eigenvalue weighted by Gasteiger charge is -2.15. The van der Waals surface area contributed by atoms with Crippen molar-refractivity contribution < 1.29 is 19.7 Å². The van der Waals surface area contributed by atoms with Crippen molar-refractivity contribution in [2.24, 2.45) is 0 Å². The van der Waals surface area contributed by atoms with E-state index >= 15 is 0 Å². The van der Waals surface area contributed by atoms with Gasteiger partial charge < -0.3 is 19.7 Å². The molecule has 0 saturated carbocycles. The van der Waals surface area contributed by atoms with Crippen LogP contribution in [0, 0.1) is 0 Å². The highest BCUT2D eigenvalue weighted by Crippen LogP contribution is 2.43. The Morgan fingerprint density at radius 3 is 1.86 bits per heavy atom. The Bertz CT molecular complexity index is 581. The number of rotatable bonds is 17. The van der Waals surface area contributed by atoms with Crippen LogP contribution < -0.4 is 9.47 Å². The van der Waals surface area contributed by atoms with Crippen LogP contribution in [0.15, 0.2) is 18.2 Å². The number of allylic oxidation sites excluding steroid dienone is 2. The van der Waals surface area contributed by atoms with Crippen LogP contribution in [0.2, 0.25) is 0 Å². The van der Waals surface area contributed by atoms with Gasteiger partial charge in [0.1, 0.15) is 0 Å². The predicted molar refractivity (Wildman–Crippen MR) is 121 cm³/mol. The van der Waals surface area contributed by atoms with Crippen LogP contribution in [0.3, 0.4) is 0 Å². The molecule has 1 rings (SSSR count). The summed E-state index contributed by atoms with van der Waals surface area (Å²) in [5.41, 5.74) is 0.630. The molecule has 4 nitrogen and oxygen atoms in total. The highest BCUT2D eigenvalue weighted by Gasteiger charge is 2.18. The maximum absolute atomic E-state index is 10.3. The van der Waals surface area contributed by atoms with Gasteiger partial charge in [0.05, 0.1) is 14.2 Å². The average Bonchev–Trinajstić information content (AvgIpc) is 2.72. The van der Waals surface area contributed by atoms with Crippen LogP contribution in [-0.4, -0.2) is 24.4 Å². The first-order valence-electron chi connectivity index (χ1n) is 11.5. The minimum Gasteiger partial charge on any atom is -0.504 e. The van der Waals surface area contributed by atoms with Crippen LogP contribution >= 0.6 is 0 Å². The van der Waals surface area contributed by atoms with Crippen molar-refractivity contribution in [2.75, 3.05) is 14.2 Å². The van der Waals surface area contributed by atoms with Gasteiger partial charge >= 0.3 is 0 Å². The van der Waals surface area contributed by atoms with E-state index in [1.807, 2.05) is 0 Å². The lowest BCUT2D eigenvalue weighted by atomic mass is 10.0. The molecule has 0 aliphatic rings. The number of unbranched alkanes of at least 4 members (excludes halogenated alkanes) is 11. The van der Waals surface area contributed by atoms with Crippen molar-refractivity contribution in [1.82, 2.24) is 0 Å². The number of phenols is 2. The standard InChI is InChI=1S/C25H42O4/c1-4-5-6-7-8-9-10-11-12-13-14-15-16-17-18-19-21-24(27)23(28-2)20-22(26)25(21)29-3/h9-10,20,26-27H,4-8,11-19H2,1-3H3/b10-9-. The molecule has 0 amide bonds. The summed E-state index contributed by atoms with van der Waals surface area (Å²) in [4.78, 5) is 0. The number of benzene rings is 1. The Balaban J connectivity index is 2.12. The van der Waals surface area contributed by atoms with Gasteiger partial charge in [0.2, 0.25) is 0 Å². The van der Waals surface area contributed by atoms with Crippen LogP contribution in [0.4, 0.5) is 0 Å². The molecule has 0 fully saturated rings. The second-order valence-electron chi connectivity index (χ2n) is 7.79. The predicted octanol–water partition coefficient (Wildman–Crippen LogP) is 7.30. The van der Waals surface area contributed by atoms with Crippen LogP contribution in [0.5, 0.6) is 23.0 Å². The molecular formula is C25H42O4. The van der Waals surface area contributed by atoms with E-state index in [-0.39, 0.29) is 17.2 Å². The Kier molecular flexibility index (Phi) is 13.9. The fraction of sp³-hybridized carbons (Fsp3) is 0.680. The largest absolute Gasteiger partial charge is 0.504 e. The first kappa shape index (κ1) is 25.2. The van der Waals surface area contributed by atoms with Crippen molar-refractivity contribution >= 4 is 0 Å². The maximum Gasteiger partial charge on any atom is 0.167 e. The first-order valence-corrected chi connectivity index (χ1v) is 11.5. The van der Waals surface area contributed by atoms with E-state index in [0.29, 0.717) is 17.7 Å². The summed E-state index contributed by atoms with van der Waals surface area (Å²) in [5.74, 6) is 0.711. The molecule has 0 atom stereocenters. The topological polar surface area (TPSA) is 58.9 Å². The van der Waals surface area contributed by atoms with Crippen molar-refractivity contribution in [3.8, 4) is 23.0 Å². The molecule has 0 aliphatic heterocycles. The van der Waals surface area contributed by atoms with Gasteiger partial charge in [-0.15, -0.1) is 0 Å². The molecule has 29 heavy (non-hydrogen) atoms. The normalized spacial score (nSPS) is 11.3. The van der Waals surface area contributed by atoms with Gasteiger partial charge in [-0.3, -0.25) is 0 Å². The Hall–Kier alpha value is -1.84. The van der Waals surface area contributed by atoms with Crippen molar-refractivity contribution in [3.63, 3.8) is 0 Å². The number of phenolic OH excluding ortho intramolecular Hbond substituents is 2. The Morgan fingerprint density at radius 1 is 0.759 bits per heavy atom. The average molecular weight is 407 g/mol. The molecular weight excluding hydrogens is 364 g/mol. The summed E-state index contributed by atoms with van der Waals surface area (Å²) in [5, 5.41) is 20.4. The van der Waals surface area contributed by atoms with Crippen LogP contribution in [-0.2, 0) is 6.42 Å². The van der Waals surface area contributed by atoms with Gasteiger partial charge in [-0.25, -0.2) is 0 Å². The second-order valence-corrected chi connectivity index (χ2v) is 7.79. The van der Waals surface area contributed by atoms with E-state index in [4.69, 9.17) is 9.47 Å². The molecule has 0 radical (unpaired) electrons. The molecule has 0 aliphatic carbocycles. The zero-order chi connectivity index (χ0) is 21.3. The molecule has 0 aromatic heterocycles. The van der Waals surface area contributed by atoms with Gasteiger partial charge in [0.15, 0.2) is 23.0 Å². The molecule has 2 N–H and O–H groups in total. The highest BCUT2D eigenvalue weighted by molar-refractivity contribution is 5.60. The summed E-state index contributed by atoms with van der Waals surface area (Å²) in [7, 11) is 2.99. The summed E-state index contributed by atoms with van der Waals surface area (Å²) in [6.07, 6.45) is 21.6. The van der Waals surface area contributed by atoms with Crippen molar-refractivity contribution in [2.45, 2.75) is 96.8 Å².